The number of hydrogen-bond donors (Lipinski definition) is 2. The lowest BCUT2D eigenvalue weighted by atomic mass is 9.99. The molecule has 1 saturated heterocycles. The Labute approximate surface area is 168 Å². The number of aliphatic hydroxyl groups is 1. The molecule has 1 aromatic carbocycles. The molecule has 29 heavy (non-hydrogen) atoms. The third-order valence-electron chi connectivity index (χ3n) is 5.65. The molecule has 4 heterocycles. The van der Waals surface area contributed by atoms with Crippen LogP contribution in [0.4, 0.5) is 11.4 Å². The first kappa shape index (κ1) is 17.9. The Morgan fingerprint density at radius 1 is 1.34 bits per heavy atom. The minimum Gasteiger partial charge on any atom is -0.484 e. The molecule has 0 spiro atoms. The van der Waals surface area contributed by atoms with Gasteiger partial charge in [0.05, 0.1) is 24.2 Å². The van der Waals surface area contributed by atoms with Crippen molar-refractivity contribution in [3.8, 4) is 5.75 Å². The summed E-state index contributed by atoms with van der Waals surface area (Å²) in [5.41, 5.74) is 3.00. The number of aliphatic hydroxyl groups excluding tert-OH is 1. The highest BCUT2D eigenvalue weighted by Crippen LogP contribution is 2.42. The number of nitrogens with zero attached hydrogens (tertiary/aromatic N) is 4. The minimum atomic E-state index is -0.625. The smallest absolute Gasteiger partial charge is 0.261 e. The first-order chi connectivity index (χ1) is 14.1. The van der Waals surface area contributed by atoms with Crippen molar-refractivity contribution in [3.63, 3.8) is 0 Å². The van der Waals surface area contributed by atoms with Crippen molar-refractivity contribution in [1.29, 1.82) is 0 Å². The van der Waals surface area contributed by atoms with E-state index >= 15 is 0 Å². The highest BCUT2D eigenvalue weighted by atomic mass is 16.5. The first-order valence-electron chi connectivity index (χ1n) is 9.88. The lowest BCUT2D eigenvalue weighted by Crippen LogP contribution is -2.34. The highest BCUT2D eigenvalue weighted by molar-refractivity contribution is 6.09. The van der Waals surface area contributed by atoms with E-state index in [1.807, 2.05) is 19.1 Å². The summed E-state index contributed by atoms with van der Waals surface area (Å²) in [6, 6.07) is 5.73. The van der Waals surface area contributed by atoms with E-state index in [2.05, 4.69) is 20.3 Å². The summed E-state index contributed by atoms with van der Waals surface area (Å²) in [7, 11) is 0. The van der Waals surface area contributed by atoms with Crippen molar-refractivity contribution >= 4 is 22.9 Å². The fourth-order valence-corrected chi connectivity index (χ4v) is 4.14. The van der Waals surface area contributed by atoms with Crippen molar-refractivity contribution in [1.82, 2.24) is 14.6 Å². The van der Waals surface area contributed by atoms with E-state index in [9.17, 15) is 9.90 Å². The van der Waals surface area contributed by atoms with Gasteiger partial charge < -0.3 is 20.1 Å². The molecule has 0 aliphatic carbocycles. The number of nitrogens with one attached hydrogen (secondary N) is 1. The minimum absolute atomic E-state index is 0.0590. The molecule has 2 aromatic heterocycles. The Morgan fingerprint density at radius 3 is 2.97 bits per heavy atom. The van der Waals surface area contributed by atoms with Gasteiger partial charge in [0.2, 0.25) is 0 Å². The van der Waals surface area contributed by atoms with Crippen molar-refractivity contribution in [2.24, 2.45) is 0 Å². The van der Waals surface area contributed by atoms with Crippen LogP contribution in [0.15, 0.2) is 36.8 Å². The maximum absolute atomic E-state index is 13.0. The molecule has 0 saturated carbocycles. The summed E-state index contributed by atoms with van der Waals surface area (Å²) >= 11 is 0. The number of carbonyl (C=O) groups is 1. The van der Waals surface area contributed by atoms with Crippen LogP contribution in [0, 0.1) is 0 Å². The van der Waals surface area contributed by atoms with Crippen LogP contribution in [-0.2, 0) is 6.42 Å². The second-order valence-corrected chi connectivity index (χ2v) is 7.96. The van der Waals surface area contributed by atoms with Gasteiger partial charge in [-0.25, -0.2) is 9.50 Å². The van der Waals surface area contributed by atoms with Crippen LogP contribution in [0.1, 0.15) is 35.7 Å². The van der Waals surface area contributed by atoms with Gasteiger partial charge >= 0.3 is 0 Å². The SMILES string of the molecule is C[C@]1(CO)Cc2cc(NC(=O)c3cnn4cccnc34)c(N3CCCC3)cc2O1. The second kappa shape index (κ2) is 6.73. The molecule has 1 fully saturated rings. The molecule has 0 unspecified atom stereocenters. The Bertz CT molecular complexity index is 1090. The van der Waals surface area contributed by atoms with E-state index < -0.39 is 5.60 Å². The number of rotatable bonds is 4. The van der Waals surface area contributed by atoms with Gasteiger partial charge in [0, 0.05) is 43.5 Å². The molecule has 150 valence electrons. The highest BCUT2D eigenvalue weighted by Gasteiger charge is 2.36. The van der Waals surface area contributed by atoms with Crippen LogP contribution in [0.2, 0.25) is 0 Å². The van der Waals surface area contributed by atoms with Crippen molar-refractivity contribution in [2.75, 3.05) is 29.9 Å². The molecule has 3 aromatic rings. The number of carbonyl (C=O) groups excluding carboxylic acids is 1. The predicted molar refractivity (Wildman–Crippen MR) is 109 cm³/mol. The Hall–Kier alpha value is -3.13. The number of benzene rings is 1. The molecular formula is C21H23N5O3. The van der Waals surface area contributed by atoms with Crippen LogP contribution < -0.4 is 15.0 Å². The normalized spacial score (nSPS) is 20.7. The van der Waals surface area contributed by atoms with Gasteiger partial charge in [0.15, 0.2) is 5.65 Å². The maximum Gasteiger partial charge on any atom is 0.261 e. The largest absolute Gasteiger partial charge is 0.484 e. The van der Waals surface area contributed by atoms with E-state index in [0.29, 0.717) is 17.6 Å². The fraction of sp³-hybridized carbons (Fsp3) is 0.381. The quantitative estimate of drug-likeness (QED) is 0.707. The molecule has 8 heteroatoms. The zero-order valence-corrected chi connectivity index (χ0v) is 16.3. The molecule has 0 radical (unpaired) electrons. The Balaban J connectivity index is 1.52. The summed E-state index contributed by atoms with van der Waals surface area (Å²) < 4.78 is 7.60. The van der Waals surface area contributed by atoms with E-state index in [1.54, 1.807) is 23.0 Å². The van der Waals surface area contributed by atoms with Gasteiger partial charge in [-0.1, -0.05) is 0 Å². The second-order valence-electron chi connectivity index (χ2n) is 7.96. The van der Waals surface area contributed by atoms with Gasteiger partial charge in [-0.2, -0.15) is 5.10 Å². The monoisotopic (exact) mass is 393 g/mol. The summed E-state index contributed by atoms with van der Waals surface area (Å²) in [6.45, 7) is 3.72. The summed E-state index contributed by atoms with van der Waals surface area (Å²) in [5, 5.41) is 17.0. The van der Waals surface area contributed by atoms with Crippen LogP contribution in [0.25, 0.3) is 5.65 Å². The molecule has 2 N–H and O–H groups in total. The third-order valence-corrected chi connectivity index (χ3v) is 5.65. The van der Waals surface area contributed by atoms with E-state index in [1.165, 1.54) is 6.20 Å². The molecule has 8 nitrogen and oxygen atoms in total. The van der Waals surface area contributed by atoms with Gasteiger partial charge in [0.25, 0.3) is 5.91 Å². The van der Waals surface area contributed by atoms with Crippen LogP contribution in [0.5, 0.6) is 5.75 Å². The number of ether oxygens (including phenoxy) is 1. The van der Waals surface area contributed by atoms with Crippen molar-refractivity contribution < 1.29 is 14.6 Å². The lowest BCUT2D eigenvalue weighted by molar-refractivity contribution is 0.0447. The zero-order chi connectivity index (χ0) is 20.0. The molecular weight excluding hydrogens is 370 g/mol. The van der Waals surface area contributed by atoms with Gasteiger partial charge in [0.1, 0.15) is 16.9 Å². The number of aromatic nitrogens is 3. The molecule has 2 aliphatic rings. The van der Waals surface area contributed by atoms with Crippen LogP contribution >= 0.6 is 0 Å². The standard InChI is InChI=1S/C21H23N5O3/c1-21(13-27)11-14-9-16(17(10-18(14)29-21)25-6-2-3-7-25)24-20(28)15-12-23-26-8-4-5-22-19(15)26/h4-5,8-10,12,27H,2-3,6-7,11,13H2,1H3,(H,24,28)/t21-/m1/s1. The summed E-state index contributed by atoms with van der Waals surface area (Å²) in [4.78, 5) is 19.6. The molecule has 5 rings (SSSR count). The molecule has 1 amide bonds. The van der Waals surface area contributed by atoms with Crippen molar-refractivity contribution in [2.45, 2.75) is 31.8 Å². The first-order valence-corrected chi connectivity index (χ1v) is 9.88. The average Bonchev–Trinajstić information content (AvgIpc) is 3.45. The molecule has 1 atom stereocenters. The topological polar surface area (TPSA) is 92.0 Å². The average molecular weight is 393 g/mol. The van der Waals surface area contributed by atoms with Gasteiger partial charge in [-0.05, 0) is 31.9 Å². The third kappa shape index (κ3) is 3.09. The summed E-state index contributed by atoms with van der Waals surface area (Å²) in [6.07, 6.45) is 7.78. The Morgan fingerprint density at radius 2 is 2.17 bits per heavy atom. The molecule has 2 aliphatic heterocycles. The van der Waals surface area contributed by atoms with Gasteiger partial charge in [-0.3, -0.25) is 4.79 Å². The Kier molecular flexibility index (Phi) is 4.16. The number of fused-ring (bicyclic) bond motifs is 2. The molecule has 0 bridgehead atoms. The number of anilines is 2. The predicted octanol–water partition coefficient (Wildman–Crippen LogP) is 2.27. The van der Waals surface area contributed by atoms with E-state index in [4.69, 9.17) is 4.74 Å². The van der Waals surface area contributed by atoms with E-state index in [-0.39, 0.29) is 12.5 Å². The number of amides is 1. The zero-order valence-electron chi connectivity index (χ0n) is 16.3. The fourth-order valence-electron chi connectivity index (χ4n) is 4.14. The lowest BCUT2D eigenvalue weighted by Gasteiger charge is -2.23. The maximum atomic E-state index is 13.0. The number of hydrogen-bond acceptors (Lipinski definition) is 6. The van der Waals surface area contributed by atoms with Crippen LogP contribution in [0.3, 0.4) is 0 Å². The van der Waals surface area contributed by atoms with Crippen molar-refractivity contribution in [3.05, 3.63) is 47.9 Å². The summed E-state index contributed by atoms with van der Waals surface area (Å²) in [5.74, 6) is 0.530. The van der Waals surface area contributed by atoms with E-state index in [0.717, 1.165) is 48.6 Å². The van der Waals surface area contributed by atoms with Crippen LogP contribution in [-0.4, -0.2) is 50.9 Å². The van der Waals surface area contributed by atoms with Gasteiger partial charge in [-0.15, -0.1) is 0 Å².